The summed E-state index contributed by atoms with van der Waals surface area (Å²) >= 11 is 0. The summed E-state index contributed by atoms with van der Waals surface area (Å²) in [6, 6.07) is 1.60. The van der Waals surface area contributed by atoms with Crippen LogP contribution in [0, 0.1) is 5.92 Å². The molecule has 1 aromatic rings. The van der Waals surface area contributed by atoms with Gasteiger partial charge in [-0.25, -0.2) is 4.79 Å². The van der Waals surface area contributed by atoms with Crippen molar-refractivity contribution in [2.45, 2.75) is 12.8 Å². The Bertz CT molecular complexity index is 457. The zero-order valence-electron chi connectivity index (χ0n) is 8.86. The van der Waals surface area contributed by atoms with Crippen LogP contribution in [-0.4, -0.2) is 29.0 Å². The predicted octanol–water partition coefficient (Wildman–Crippen LogP) is 0.241. The molecule has 0 fully saturated rings. The third kappa shape index (κ3) is 1.76. The molecule has 0 aromatic carbocycles. The van der Waals surface area contributed by atoms with Gasteiger partial charge < -0.3 is 10.4 Å². The summed E-state index contributed by atoms with van der Waals surface area (Å²) < 4.78 is 0. The summed E-state index contributed by atoms with van der Waals surface area (Å²) in [5, 5.41) is 11.4. The molecule has 5 nitrogen and oxygen atoms in total. The molecule has 1 aliphatic rings. The number of aromatic nitrogens is 1. The Morgan fingerprint density at radius 3 is 2.88 bits per heavy atom. The predicted molar refractivity (Wildman–Crippen MR) is 56.2 cm³/mol. The summed E-state index contributed by atoms with van der Waals surface area (Å²) in [6.07, 6.45) is 2.51. The lowest BCUT2D eigenvalue weighted by Crippen LogP contribution is -2.27. The number of carboxylic acids is 1. The molecule has 5 heteroatoms. The zero-order valence-corrected chi connectivity index (χ0v) is 8.86. The first kappa shape index (κ1) is 10.6. The van der Waals surface area contributed by atoms with Gasteiger partial charge in [-0.3, -0.25) is 9.78 Å². The second kappa shape index (κ2) is 3.92. The first-order valence-electron chi connectivity index (χ1n) is 5.04. The summed E-state index contributed by atoms with van der Waals surface area (Å²) in [7, 11) is 1.60. The Labute approximate surface area is 92.5 Å². The van der Waals surface area contributed by atoms with Crippen LogP contribution in [0.1, 0.15) is 21.6 Å². The van der Waals surface area contributed by atoms with Crippen molar-refractivity contribution in [1.82, 2.24) is 10.3 Å². The Hall–Kier alpha value is -1.91. The van der Waals surface area contributed by atoms with Crippen molar-refractivity contribution in [3.8, 4) is 0 Å². The van der Waals surface area contributed by atoms with E-state index in [1.807, 2.05) is 0 Å². The summed E-state index contributed by atoms with van der Waals surface area (Å²) in [4.78, 5) is 26.3. The van der Waals surface area contributed by atoms with Crippen LogP contribution >= 0.6 is 0 Å². The minimum Gasteiger partial charge on any atom is -0.478 e. The number of hydrogen-bond donors (Lipinski definition) is 2. The number of hydrogen-bond acceptors (Lipinski definition) is 3. The highest BCUT2D eigenvalue weighted by Crippen LogP contribution is 2.25. The quantitative estimate of drug-likeness (QED) is 0.748. The van der Waals surface area contributed by atoms with Crippen molar-refractivity contribution in [2.24, 2.45) is 5.92 Å². The van der Waals surface area contributed by atoms with E-state index in [2.05, 4.69) is 10.3 Å². The average Bonchev–Trinajstić information content (AvgIpc) is 2.70. The smallest absolute Gasteiger partial charge is 0.337 e. The molecule has 0 bridgehead atoms. The fourth-order valence-corrected chi connectivity index (χ4v) is 1.98. The number of nitrogens with one attached hydrogen (secondary N) is 1. The molecule has 1 aliphatic carbocycles. The van der Waals surface area contributed by atoms with E-state index in [0.29, 0.717) is 12.8 Å². The maximum absolute atomic E-state index is 11.4. The first-order valence-corrected chi connectivity index (χ1v) is 5.04. The van der Waals surface area contributed by atoms with Crippen LogP contribution in [0.3, 0.4) is 0 Å². The van der Waals surface area contributed by atoms with Crippen molar-refractivity contribution in [2.75, 3.05) is 7.05 Å². The monoisotopic (exact) mass is 220 g/mol. The van der Waals surface area contributed by atoms with E-state index in [1.165, 1.54) is 6.20 Å². The number of pyridine rings is 1. The number of amides is 1. The average molecular weight is 220 g/mol. The number of aromatic carboxylic acids is 1. The summed E-state index contributed by atoms with van der Waals surface area (Å²) in [5.41, 5.74) is 1.88. The molecule has 84 valence electrons. The fraction of sp³-hybridized carbons (Fsp3) is 0.364. The Kier molecular flexibility index (Phi) is 2.60. The van der Waals surface area contributed by atoms with Crippen molar-refractivity contribution in [3.05, 3.63) is 29.1 Å². The van der Waals surface area contributed by atoms with Gasteiger partial charge >= 0.3 is 5.97 Å². The van der Waals surface area contributed by atoms with Gasteiger partial charge in [-0.05, 0) is 18.1 Å². The molecular formula is C11H12N2O3. The number of carbonyl (C=O) groups is 2. The van der Waals surface area contributed by atoms with Gasteiger partial charge in [-0.15, -0.1) is 0 Å². The highest BCUT2D eigenvalue weighted by Gasteiger charge is 2.28. The minimum absolute atomic E-state index is 0.0186. The van der Waals surface area contributed by atoms with Crippen molar-refractivity contribution in [1.29, 1.82) is 0 Å². The van der Waals surface area contributed by atoms with Crippen LogP contribution in [-0.2, 0) is 17.6 Å². The molecule has 1 atom stereocenters. The first-order chi connectivity index (χ1) is 7.61. The van der Waals surface area contributed by atoms with Crippen LogP contribution < -0.4 is 5.32 Å². The van der Waals surface area contributed by atoms with E-state index in [1.54, 1.807) is 13.1 Å². The van der Waals surface area contributed by atoms with Gasteiger partial charge in [0.2, 0.25) is 5.91 Å². The second-order valence-electron chi connectivity index (χ2n) is 3.85. The molecule has 0 saturated carbocycles. The van der Waals surface area contributed by atoms with E-state index >= 15 is 0 Å². The Balaban J connectivity index is 2.24. The molecule has 1 heterocycles. The van der Waals surface area contributed by atoms with E-state index in [4.69, 9.17) is 5.11 Å². The van der Waals surface area contributed by atoms with Gasteiger partial charge in [-0.1, -0.05) is 0 Å². The highest BCUT2D eigenvalue weighted by atomic mass is 16.4. The van der Waals surface area contributed by atoms with E-state index < -0.39 is 5.97 Å². The summed E-state index contributed by atoms with van der Waals surface area (Å²) in [5.74, 6) is -1.12. The van der Waals surface area contributed by atoms with Crippen LogP contribution in [0.2, 0.25) is 0 Å². The maximum atomic E-state index is 11.4. The van der Waals surface area contributed by atoms with Gasteiger partial charge in [0.15, 0.2) is 0 Å². The van der Waals surface area contributed by atoms with E-state index in [-0.39, 0.29) is 17.4 Å². The number of nitrogens with zero attached hydrogens (tertiary/aromatic N) is 1. The maximum Gasteiger partial charge on any atom is 0.337 e. The van der Waals surface area contributed by atoms with E-state index in [9.17, 15) is 9.59 Å². The van der Waals surface area contributed by atoms with Crippen LogP contribution in [0.5, 0.6) is 0 Å². The van der Waals surface area contributed by atoms with Crippen molar-refractivity contribution < 1.29 is 14.7 Å². The molecule has 2 rings (SSSR count). The number of fused-ring (bicyclic) bond motifs is 1. The Morgan fingerprint density at radius 2 is 2.25 bits per heavy atom. The molecule has 1 aromatic heterocycles. The lowest BCUT2D eigenvalue weighted by atomic mass is 10.1. The van der Waals surface area contributed by atoms with Gasteiger partial charge in [0.25, 0.3) is 0 Å². The summed E-state index contributed by atoms with van der Waals surface area (Å²) in [6.45, 7) is 0. The third-order valence-corrected chi connectivity index (χ3v) is 2.83. The lowest BCUT2D eigenvalue weighted by molar-refractivity contribution is -0.124. The molecular weight excluding hydrogens is 208 g/mol. The molecule has 1 amide bonds. The highest BCUT2D eigenvalue weighted by molar-refractivity contribution is 5.87. The molecule has 0 radical (unpaired) electrons. The molecule has 16 heavy (non-hydrogen) atoms. The van der Waals surface area contributed by atoms with Gasteiger partial charge in [0.05, 0.1) is 5.56 Å². The zero-order chi connectivity index (χ0) is 11.7. The Morgan fingerprint density at radius 1 is 1.50 bits per heavy atom. The molecule has 1 unspecified atom stereocenters. The molecule has 0 saturated heterocycles. The van der Waals surface area contributed by atoms with Gasteiger partial charge in [0, 0.05) is 31.3 Å². The van der Waals surface area contributed by atoms with Gasteiger partial charge in [-0.2, -0.15) is 0 Å². The minimum atomic E-state index is -0.987. The van der Waals surface area contributed by atoms with Crippen LogP contribution in [0.4, 0.5) is 0 Å². The standard InChI is InChI=1S/C11H12N2O3/c1-12-10(14)7-2-6-3-8(11(15)16)5-13-9(6)4-7/h3,5,7H,2,4H2,1H3,(H,12,14)(H,15,16). The lowest BCUT2D eigenvalue weighted by Gasteiger charge is -2.04. The normalized spacial score (nSPS) is 17.9. The molecule has 0 aliphatic heterocycles. The second-order valence-corrected chi connectivity index (χ2v) is 3.85. The topological polar surface area (TPSA) is 79.3 Å². The number of rotatable bonds is 2. The van der Waals surface area contributed by atoms with Gasteiger partial charge in [0.1, 0.15) is 0 Å². The molecule has 0 spiro atoms. The third-order valence-electron chi connectivity index (χ3n) is 2.83. The number of carbonyl (C=O) groups excluding carboxylic acids is 1. The van der Waals surface area contributed by atoms with Crippen LogP contribution in [0.25, 0.3) is 0 Å². The molecule has 2 N–H and O–H groups in total. The van der Waals surface area contributed by atoms with Crippen molar-refractivity contribution >= 4 is 11.9 Å². The largest absolute Gasteiger partial charge is 0.478 e. The number of carboxylic acid groups (broad SMARTS) is 1. The van der Waals surface area contributed by atoms with Crippen molar-refractivity contribution in [3.63, 3.8) is 0 Å². The SMILES string of the molecule is CNC(=O)C1Cc2cc(C(=O)O)cnc2C1. The van der Waals surface area contributed by atoms with Crippen LogP contribution in [0.15, 0.2) is 12.3 Å². The van der Waals surface area contributed by atoms with E-state index in [0.717, 1.165) is 11.3 Å². The fourth-order valence-electron chi connectivity index (χ4n) is 1.98.